The molecule has 0 heterocycles. The lowest BCUT2D eigenvalue weighted by Crippen LogP contribution is -1.92. The Labute approximate surface area is 106 Å². The van der Waals surface area contributed by atoms with Gasteiger partial charge in [0, 0.05) is 16.3 Å². The van der Waals surface area contributed by atoms with Gasteiger partial charge in [0.25, 0.3) is 0 Å². The van der Waals surface area contributed by atoms with Crippen LogP contribution in [0.4, 0.5) is 11.4 Å². The number of rotatable bonds is 3. The van der Waals surface area contributed by atoms with Gasteiger partial charge in [-0.3, -0.25) is 0 Å². The standard InChI is InChI=1S/C14H16N2S/c1-2-17-14-12(4-3-5-13(14)16)10-6-8-11(15)9-7-10/h3-9H,2,15-16H2,1H3. The van der Waals surface area contributed by atoms with Gasteiger partial charge < -0.3 is 11.5 Å². The third kappa shape index (κ3) is 2.56. The highest BCUT2D eigenvalue weighted by atomic mass is 32.2. The van der Waals surface area contributed by atoms with E-state index in [0.29, 0.717) is 0 Å². The fraction of sp³-hybridized carbons (Fsp3) is 0.143. The molecule has 0 bridgehead atoms. The van der Waals surface area contributed by atoms with E-state index in [1.165, 1.54) is 5.56 Å². The molecule has 0 aliphatic carbocycles. The number of hydrogen-bond acceptors (Lipinski definition) is 3. The van der Waals surface area contributed by atoms with Gasteiger partial charge in [-0.2, -0.15) is 0 Å². The van der Waals surface area contributed by atoms with Crippen molar-refractivity contribution >= 4 is 23.1 Å². The minimum absolute atomic E-state index is 0.780. The largest absolute Gasteiger partial charge is 0.399 e. The second-order valence-electron chi connectivity index (χ2n) is 3.78. The van der Waals surface area contributed by atoms with Crippen LogP contribution in [-0.2, 0) is 0 Å². The molecule has 0 amide bonds. The molecule has 0 aliphatic rings. The van der Waals surface area contributed by atoms with Gasteiger partial charge in [0.1, 0.15) is 0 Å². The predicted octanol–water partition coefficient (Wildman–Crippen LogP) is 3.63. The zero-order valence-corrected chi connectivity index (χ0v) is 10.6. The van der Waals surface area contributed by atoms with Crippen molar-refractivity contribution in [2.24, 2.45) is 0 Å². The van der Waals surface area contributed by atoms with Crippen molar-refractivity contribution in [2.45, 2.75) is 11.8 Å². The van der Waals surface area contributed by atoms with Crippen LogP contribution in [0.15, 0.2) is 47.4 Å². The smallest absolute Gasteiger partial charge is 0.0458 e. The van der Waals surface area contributed by atoms with E-state index in [1.54, 1.807) is 11.8 Å². The molecule has 2 aromatic rings. The molecule has 3 heteroatoms. The minimum Gasteiger partial charge on any atom is -0.399 e. The number of anilines is 2. The first-order valence-corrected chi connectivity index (χ1v) is 6.58. The monoisotopic (exact) mass is 244 g/mol. The van der Waals surface area contributed by atoms with Crippen molar-refractivity contribution < 1.29 is 0 Å². The Morgan fingerprint density at radius 2 is 1.71 bits per heavy atom. The Morgan fingerprint density at radius 3 is 2.35 bits per heavy atom. The zero-order chi connectivity index (χ0) is 12.3. The van der Waals surface area contributed by atoms with Crippen LogP contribution in [0.25, 0.3) is 11.1 Å². The third-order valence-corrected chi connectivity index (χ3v) is 3.59. The van der Waals surface area contributed by atoms with Crippen molar-refractivity contribution in [3.63, 3.8) is 0 Å². The average Bonchev–Trinajstić information content (AvgIpc) is 2.33. The Bertz CT molecular complexity index is 506. The quantitative estimate of drug-likeness (QED) is 0.640. The van der Waals surface area contributed by atoms with Crippen LogP contribution in [0.2, 0.25) is 0 Å². The van der Waals surface area contributed by atoms with Crippen LogP contribution in [0.5, 0.6) is 0 Å². The van der Waals surface area contributed by atoms with E-state index in [4.69, 9.17) is 11.5 Å². The van der Waals surface area contributed by atoms with Gasteiger partial charge >= 0.3 is 0 Å². The van der Waals surface area contributed by atoms with E-state index in [9.17, 15) is 0 Å². The molecule has 17 heavy (non-hydrogen) atoms. The van der Waals surface area contributed by atoms with Crippen molar-refractivity contribution in [3.05, 3.63) is 42.5 Å². The summed E-state index contributed by atoms with van der Waals surface area (Å²) < 4.78 is 0. The molecule has 0 aromatic heterocycles. The Balaban J connectivity index is 2.50. The summed E-state index contributed by atoms with van der Waals surface area (Å²) in [5.74, 6) is 1.01. The van der Waals surface area contributed by atoms with E-state index in [2.05, 4.69) is 13.0 Å². The highest BCUT2D eigenvalue weighted by molar-refractivity contribution is 7.99. The third-order valence-electron chi connectivity index (χ3n) is 2.56. The lowest BCUT2D eigenvalue weighted by atomic mass is 10.0. The number of thioether (sulfide) groups is 1. The molecule has 2 nitrogen and oxygen atoms in total. The van der Waals surface area contributed by atoms with Gasteiger partial charge in [0.05, 0.1) is 0 Å². The normalized spacial score (nSPS) is 10.4. The maximum absolute atomic E-state index is 6.03. The summed E-state index contributed by atoms with van der Waals surface area (Å²) in [5, 5.41) is 0. The van der Waals surface area contributed by atoms with Crippen LogP contribution in [0, 0.1) is 0 Å². The van der Waals surface area contributed by atoms with Gasteiger partial charge in [-0.15, -0.1) is 11.8 Å². The summed E-state index contributed by atoms with van der Waals surface area (Å²) >= 11 is 1.77. The summed E-state index contributed by atoms with van der Waals surface area (Å²) in [5.41, 5.74) is 15.7. The fourth-order valence-corrected chi connectivity index (χ4v) is 2.62. The zero-order valence-electron chi connectivity index (χ0n) is 9.81. The summed E-state index contributed by atoms with van der Waals surface area (Å²) in [4.78, 5) is 1.15. The van der Waals surface area contributed by atoms with E-state index in [0.717, 1.165) is 27.6 Å². The van der Waals surface area contributed by atoms with E-state index >= 15 is 0 Å². The van der Waals surface area contributed by atoms with Crippen molar-refractivity contribution in [1.29, 1.82) is 0 Å². The fourth-order valence-electron chi connectivity index (χ4n) is 1.75. The number of benzene rings is 2. The molecule has 0 saturated carbocycles. The summed E-state index contributed by atoms with van der Waals surface area (Å²) in [6.07, 6.45) is 0. The maximum atomic E-state index is 6.03. The van der Waals surface area contributed by atoms with Gasteiger partial charge in [-0.05, 0) is 35.1 Å². The highest BCUT2D eigenvalue weighted by Crippen LogP contribution is 2.35. The van der Waals surface area contributed by atoms with Gasteiger partial charge in [-0.1, -0.05) is 31.2 Å². The van der Waals surface area contributed by atoms with Crippen LogP contribution < -0.4 is 11.5 Å². The molecule has 0 aliphatic heterocycles. The molecular weight excluding hydrogens is 228 g/mol. The molecule has 0 fully saturated rings. The van der Waals surface area contributed by atoms with Crippen molar-refractivity contribution in [1.82, 2.24) is 0 Å². The molecule has 0 unspecified atom stereocenters. The second-order valence-corrected chi connectivity index (χ2v) is 5.05. The van der Waals surface area contributed by atoms with Gasteiger partial charge in [0.15, 0.2) is 0 Å². The second kappa shape index (κ2) is 5.15. The number of hydrogen-bond donors (Lipinski definition) is 2. The molecule has 0 radical (unpaired) electrons. The molecule has 4 N–H and O–H groups in total. The van der Waals surface area contributed by atoms with Crippen molar-refractivity contribution in [2.75, 3.05) is 17.2 Å². The first-order chi connectivity index (χ1) is 8.22. The van der Waals surface area contributed by atoms with Crippen LogP contribution in [0.3, 0.4) is 0 Å². The molecule has 88 valence electrons. The van der Waals surface area contributed by atoms with Crippen LogP contribution in [-0.4, -0.2) is 5.75 Å². The number of nitrogen functional groups attached to an aromatic ring is 2. The Hall–Kier alpha value is -1.61. The molecule has 0 spiro atoms. The summed E-state index contributed by atoms with van der Waals surface area (Å²) in [7, 11) is 0. The van der Waals surface area contributed by atoms with Crippen LogP contribution in [0.1, 0.15) is 6.92 Å². The molecular formula is C14H16N2S. The Kier molecular flexibility index (Phi) is 3.59. The topological polar surface area (TPSA) is 52.0 Å². The highest BCUT2D eigenvalue weighted by Gasteiger charge is 2.07. The first-order valence-electron chi connectivity index (χ1n) is 5.59. The maximum Gasteiger partial charge on any atom is 0.0458 e. The first kappa shape index (κ1) is 11.9. The lowest BCUT2D eigenvalue weighted by molar-refractivity contribution is 1.42. The lowest BCUT2D eigenvalue weighted by Gasteiger charge is -2.11. The van der Waals surface area contributed by atoms with E-state index in [-0.39, 0.29) is 0 Å². The summed E-state index contributed by atoms with van der Waals surface area (Å²) in [6.45, 7) is 2.13. The van der Waals surface area contributed by atoms with Gasteiger partial charge in [0.2, 0.25) is 0 Å². The SMILES string of the molecule is CCSc1c(N)cccc1-c1ccc(N)cc1. The molecule has 2 aromatic carbocycles. The van der Waals surface area contributed by atoms with Crippen LogP contribution >= 0.6 is 11.8 Å². The van der Waals surface area contributed by atoms with Crippen molar-refractivity contribution in [3.8, 4) is 11.1 Å². The summed E-state index contributed by atoms with van der Waals surface area (Å²) in [6, 6.07) is 13.9. The minimum atomic E-state index is 0.780. The molecule has 2 rings (SSSR count). The van der Waals surface area contributed by atoms with E-state index < -0.39 is 0 Å². The molecule has 0 atom stereocenters. The molecule has 0 saturated heterocycles. The van der Waals surface area contributed by atoms with Gasteiger partial charge in [-0.25, -0.2) is 0 Å². The average molecular weight is 244 g/mol. The number of nitrogens with two attached hydrogens (primary N) is 2. The Morgan fingerprint density at radius 1 is 1.00 bits per heavy atom. The van der Waals surface area contributed by atoms with E-state index in [1.807, 2.05) is 36.4 Å². The predicted molar refractivity (Wildman–Crippen MR) is 77.1 cm³/mol.